The van der Waals surface area contributed by atoms with E-state index in [9.17, 15) is 14.7 Å². The monoisotopic (exact) mass is 457 g/mol. The summed E-state index contributed by atoms with van der Waals surface area (Å²) in [7, 11) is 0. The topological polar surface area (TPSA) is 88.0 Å². The van der Waals surface area contributed by atoms with Crippen molar-refractivity contribution in [3.8, 4) is 11.1 Å². The number of rotatable bonds is 5. The van der Waals surface area contributed by atoms with Gasteiger partial charge in [0.15, 0.2) is 0 Å². The predicted octanol–water partition coefficient (Wildman–Crippen LogP) is 5.51. The quantitative estimate of drug-likeness (QED) is 0.341. The Labute approximate surface area is 194 Å². The Balaban J connectivity index is 1.82. The van der Waals surface area contributed by atoms with Crippen molar-refractivity contribution in [2.45, 2.75) is 19.9 Å². The van der Waals surface area contributed by atoms with Crippen LogP contribution in [-0.4, -0.2) is 25.6 Å². The number of hydrogen-bond donors (Lipinski definition) is 2. The molecule has 0 saturated carbocycles. The highest BCUT2D eigenvalue weighted by Gasteiger charge is 2.26. The SMILES string of the molecule is CCc1ccc2c(c1)c(-c1ccc[nH]c1=O)c(C(=O)O)n2Cc1cc2ccccc2nc1Cl. The molecule has 5 rings (SSSR count). The van der Waals surface area contributed by atoms with Crippen LogP contribution in [0.25, 0.3) is 32.9 Å². The fraction of sp³-hybridized carbons (Fsp3) is 0.115. The lowest BCUT2D eigenvalue weighted by Crippen LogP contribution is -2.14. The van der Waals surface area contributed by atoms with Gasteiger partial charge >= 0.3 is 5.97 Å². The van der Waals surface area contributed by atoms with Gasteiger partial charge in [-0.1, -0.05) is 42.8 Å². The summed E-state index contributed by atoms with van der Waals surface area (Å²) in [6.45, 7) is 2.23. The first kappa shape index (κ1) is 21.0. The number of aromatic amines is 1. The number of hydrogen-bond acceptors (Lipinski definition) is 3. The zero-order valence-corrected chi connectivity index (χ0v) is 18.6. The second kappa shape index (κ2) is 8.22. The summed E-state index contributed by atoms with van der Waals surface area (Å²) in [5.41, 5.74) is 3.65. The molecule has 5 aromatic rings. The number of nitrogens with one attached hydrogen (secondary N) is 1. The first-order chi connectivity index (χ1) is 16.0. The van der Waals surface area contributed by atoms with Crippen LogP contribution in [0.15, 0.2) is 71.7 Å². The number of fused-ring (bicyclic) bond motifs is 2. The van der Waals surface area contributed by atoms with Crippen molar-refractivity contribution in [1.29, 1.82) is 0 Å². The van der Waals surface area contributed by atoms with E-state index >= 15 is 0 Å². The molecule has 33 heavy (non-hydrogen) atoms. The standard InChI is InChI=1S/C26H20ClN3O3/c1-2-15-9-10-21-19(12-15)22(18-7-5-11-28-25(18)31)23(26(32)33)30(21)14-17-13-16-6-3-4-8-20(16)29-24(17)27/h3-13H,2,14H2,1H3,(H,28,31)(H,32,33). The Bertz CT molecular complexity index is 1600. The molecule has 0 bridgehead atoms. The lowest BCUT2D eigenvalue weighted by Gasteiger charge is -2.12. The molecule has 0 aliphatic carbocycles. The molecular formula is C26H20ClN3O3. The lowest BCUT2D eigenvalue weighted by atomic mass is 10.0. The van der Waals surface area contributed by atoms with Crippen LogP contribution in [-0.2, 0) is 13.0 Å². The highest BCUT2D eigenvalue weighted by molar-refractivity contribution is 6.30. The summed E-state index contributed by atoms with van der Waals surface area (Å²) in [6.07, 6.45) is 2.32. The zero-order chi connectivity index (χ0) is 23.1. The van der Waals surface area contributed by atoms with E-state index in [1.54, 1.807) is 16.7 Å². The summed E-state index contributed by atoms with van der Waals surface area (Å²) in [4.78, 5) is 32.4. The Morgan fingerprint density at radius 3 is 2.70 bits per heavy atom. The molecule has 164 valence electrons. The molecule has 6 nitrogen and oxygen atoms in total. The molecule has 3 heterocycles. The number of carboxylic acid groups (broad SMARTS) is 1. The minimum Gasteiger partial charge on any atom is -0.477 e. The van der Waals surface area contributed by atoms with Crippen molar-refractivity contribution >= 4 is 39.4 Å². The summed E-state index contributed by atoms with van der Waals surface area (Å²) in [6, 6.07) is 18.7. The number of benzene rings is 2. The number of para-hydroxylation sites is 1. The van der Waals surface area contributed by atoms with Gasteiger partial charge in [0.25, 0.3) is 5.56 Å². The molecular weight excluding hydrogens is 438 g/mol. The van der Waals surface area contributed by atoms with Crippen LogP contribution < -0.4 is 5.56 Å². The van der Waals surface area contributed by atoms with Crippen LogP contribution in [0.1, 0.15) is 28.5 Å². The van der Waals surface area contributed by atoms with Gasteiger partial charge in [0.05, 0.1) is 12.1 Å². The third-order valence-corrected chi connectivity index (χ3v) is 6.23. The average Bonchev–Trinajstić information content (AvgIpc) is 3.13. The molecule has 2 N–H and O–H groups in total. The molecule has 0 saturated heterocycles. The molecule has 0 atom stereocenters. The molecule has 7 heteroatoms. The van der Waals surface area contributed by atoms with Crippen molar-refractivity contribution in [3.05, 3.63) is 99.2 Å². The second-order valence-corrected chi connectivity index (χ2v) is 8.22. The normalized spacial score (nSPS) is 11.3. The summed E-state index contributed by atoms with van der Waals surface area (Å²) >= 11 is 6.51. The van der Waals surface area contributed by atoms with Crippen molar-refractivity contribution < 1.29 is 9.90 Å². The second-order valence-electron chi connectivity index (χ2n) is 7.86. The Morgan fingerprint density at radius 2 is 1.94 bits per heavy atom. The molecule has 0 amide bonds. The first-order valence-electron chi connectivity index (χ1n) is 10.6. The van der Waals surface area contributed by atoms with E-state index in [-0.39, 0.29) is 17.8 Å². The predicted molar refractivity (Wildman–Crippen MR) is 130 cm³/mol. The van der Waals surface area contributed by atoms with Gasteiger partial charge in [0.2, 0.25) is 0 Å². The molecule has 2 aromatic carbocycles. The molecule has 0 spiro atoms. The summed E-state index contributed by atoms with van der Waals surface area (Å²) in [5, 5.41) is 12.2. The van der Waals surface area contributed by atoms with Crippen LogP contribution >= 0.6 is 11.6 Å². The summed E-state index contributed by atoms with van der Waals surface area (Å²) < 4.78 is 1.70. The molecule has 0 unspecified atom stereocenters. The van der Waals surface area contributed by atoms with Crippen LogP contribution in [0.4, 0.5) is 0 Å². The van der Waals surface area contributed by atoms with Crippen LogP contribution in [0.2, 0.25) is 5.15 Å². The Hall–Kier alpha value is -3.90. The minimum atomic E-state index is -1.12. The molecule has 0 fully saturated rings. The van der Waals surface area contributed by atoms with Gasteiger partial charge in [-0.25, -0.2) is 9.78 Å². The maximum Gasteiger partial charge on any atom is 0.353 e. The van der Waals surface area contributed by atoms with Gasteiger partial charge in [0, 0.05) is 39.2 Å². The third kappa shape index (κ3) is 3.58. The van der Waals surface area contributed by atoms with Gasteiger partial charge in [-0.3, -0.25) is 4.79 Å². The van der Waals surface area contributed by atoms with Crippen molar-refractivity contribution in [2.75, 3.05) is 0 Å². The number of carboxylic acids is 1. The maximum absolute atomic E-state index is 12.7. The fourth-order valence-electron chi connectivity index (χ4n) is 4.32. The highest BCUT2D eigenvalue weighted by Crippen LogP contribution is 2.36. The van der Waals surface area contributed by atoms with E-state index in [4.69, 9.17) is 11.6 Å². The van der Waals surface area contributed by atoms with E-state index in [0.29, 0.717) is 32.7 Å². The lowest BCUT2D eigenvalue weighted by molar-refractivity contribution is 0.0687. The van der Waals surface area contributed by atoms with Crippen molar-refractivity contribution in [3.63, 3.8) is 0 Å². The van der Waals surface area contributed by atoms with E-state index in [0.717, 1.165) is 22.9 Å². The van der Waals surface area contributed by atoms with Crippen molar-refractivity contribution in [1.82, 2.24) is 14.5 Å². The maximum atomic E-state index is 12.7. The minimum absolute atomic E-state index is 0.0409. The number of halogens is 1. The van der Waals surface area contributed by atoms with Gasteiger partial charge in [-0.2, -0.15) is 0 Å². The number of aromatic nitrogens is 3. The van der Waals surface area contributed by atoms with Crippen LogP contribution in [0, 0.1) is 0 Å². The van der Waals surface area contributed by atoms with Crippen LogP contribution in [0.3, 0.4) is 0 Å². The molecule has 3 aromatic heterocycles. The largest absolute Gasteiger partial charge is 0.477 e. The number of H-pyrrole nitrogens is 1. The number of aryl methyl sites for hydroxylation is 1. The average molecular weight is 458 g/mol. The van der Waals surface area contributed by atoms with E-state index in [1.807, 2.05) is 55.5 Å². The molecule has 0 aliphatic heterocycles. The smallest absolute Gasteiger partial charge is 0.353 e. The van der Waals surface area contributed by atoms with Gasteiger partial charge < -0.3 is 14.7 Å². The van der Waals surface area contributed by atoms with E-state index < -0.39 is 5.97 Å². The number of pyridine rings is 2. The number of carbonyl (C=O) groups is 1. The number of nitrogens with zero attached hydrogens (tertiary/aromatic N) is 2. The van der Waals surface area contributed by atoms with E-state index in [2.05, 4.69) is 9.97 Å². The Morgan fingerprint density at radius 1 is 1.12 bits per heavy atom. The van der Waals surface area contributed by atoms with E-state index in [1.165, 1.54) is 6.20 Å². The van der Waals surface area contributed by atoms with Gasteiger partial charge in [-0.05, 0) is 48.4 Å². The van der Waals surface area contributed by atoms with Crippen LogP contribution in [0.5, 0.6) is 0 Å². The van der Waals surface area contributed by atoms with Gasteiger partial charge in [-0.15, -0.1) is 0 Å². The fourth-order valence-corrected chi connectivity index (χ4v) is 4.52. The highest BCUT2D eigenvalue weighted by atomic mass is 35.5. The van der Waals surface area contributed by atoms with Crippen molar-refractivity contribution in [2.24, 2.45) is 0 Å². The van der Waals surface area contributed by atoms with Gasteiger partial charge in [0.1, 0.15) is 10.8 Å². The Kier molecular flexibility index (Phi) is 5.23. The molecule has 0 aliphatic rings. The number of aromatic carboxylic acids is 1. The molecule has 0 radical (unpaired) electrons. The third-order valence-electron chi connectivity index (χ3n) is 5.90. The summed E-state index contributed by atoms with van der Waals surface area (Å²) in [5.74, 6) is -1.12. The first-order valence-corrected chi connectivity index (χ1v) is 11.0. The zero-order valence-electron chi connectivity index (χ0n) is 17.8.